The van der Waals surface area contributed by atoms with Gasteiger partial charge in [-0.3, -0.25) is 0 Å². The molecule has 2 nitrogen and oxygen atoms in total. The first-order valence-electron chi connectivity index (χ1n) is 2.74. The third kappa shape index (κ3) is 1.64. The van der Waals surface area contributed by atoms with Crippen molar-refractivity contribution in [3.8, 4) is 0 Å². The van der Waals surface area contributed by atoms with Crippen LogP contribution in [0.4, 0.5) is 26.5 Å². The number of allylic oxidation sites excluding steroid dienone is 2. The second-order valence-corrected chi connectivity index (χ2v) is 2.86. The monoisotopic (exact) mass is 218 g/mol. The molecule has 0 aromatic heterocycles. The van der Waals surface area contributed by atoms with Crippen molar-refractivity contribution in [3.05, 3.63) is 23.6 Å². The van der Waals surface area contributed by atoms with Crippen molar-refractivity contribution in [2.24, 2.45) is 0 Å². The summed E-state index contributed by atoms with van der Waals surface area (Å²) in [7, 11) is -1.84. The number of nitrogens with zero attached hydrogens (tertiary/aromatic N) is 2. The fourth-order valence-corrected chi connectivity index (χ4v) is 1.04. The molecule has 0 amide bonds. The molecular weight excluding hydrogens is 218 g/mol. The minimum atomic E-state index is -2.41. The zero-order valence-corrected chi connectivity index (χ0v) is 6.66. The van der Waals surface area contributed by atoms with Crippen molar-refractivity contribution >= 4 is 9.47 Å². The van der Waals surface area contributed by atoms with Crippen LogP contribution in [0.25, 0.3) is 0 Å². The molecule has 1 radical (unpaired) electrons. The Bertz CT molecular complexity index is 334. The SMILES string of the molecule is FC1=C(F)N(F)[Si]=[N+](F)C(F)=C1F. The summed E-state index contributed by atoms with van der Waals surface area (Å²) in [6, 6.07) is 0. The van der Waals surface area contributed by atoms with Crippen LogP contribution in [0.3, 0.4) is 0 Å². The van der Waals surface area contributed by atoms with Crippen molar-refractivity contribution in [1.82, 2.24) is 4.79 Å². The Morgan fingerprint density at radius 3 is 2.15 bits per heavy atom. The molecular formula is C4F6N2Si+. The van der Waals surface area contributed by atoms with Gasteiger partial charge in [0.05, 0.1) is 0 Å². The lowest BCUT2D eigenvalue weighted by molar-refractivity contribution is -0.673. The van der Waals surface area contributed by atoms with E-state index in [1.165, 1.54) is 0 Å². The first kappa shape index (κ1) is 9.96. The Morgan fingerprint density at radius 1 is 1.08 bits per heavy atom. The highest BCUT2D eigenvalue weighted by atomic mass is 28.2. The predicted molar refractivity (Wildman–Crippen MR) is 28.6 cm³/mol. The molecule has 0 saturated heterocycles. The van der Waals surface area contributed by atoms with E-state index in [4.69, 9.17) is 0 Å². The van der Waals surface area contributed by atoms with Crippen LogP contribution < -0.4 is 0 Å². The average molecular weight is 218 g/mol. The van der Waals surface area contributed by atoms with E-state index in [1.54, 1.807) is 0 Å². The lowest BCUT2D eigenvalue weighted by Crippen LogP contribution is -2.14. The van der Waals surface area contributed by atoms with Gasteiger partial charge >= 0.3 is 21.4 Å². The molecule has 9 heteroatoms. The topological polar surface area (TPSA) is 6.25 Å². The minimum Gasteiger partial charge on any atom is -0.196 e. The molecule has 1 heterocycles. The number of hydrogen-bond acceptors (Lipinski definition) is 1. The molecule has 0 unspecified atom stereocenters. The third-order valence-electron chi connectivity index (χ3n) is 1.08. The van der Waals surface area contributed by atoms with Gasteiger partial charge < -0.3 is 0 Å². The summed E-state index contributed by atoms with van der Waals surface area (Å²) in [5.74, 6) is -9.42. The van der Waals surface area contributed by atoms with E-state index in [-0.39, 0.29) is 0 Å². The maximum atomic E-state index is 12.3. The van der Waals surface area contributed by atoms with Gasteiger partial charge in [0, 0.05) is 0 Å². The minimum absolute atomic E-state index is 1.08. The van der Waals surface area contributed by atoms with Crippen molar-refractivity contribution in [1.29, 1.82) is 0 Å². The van der Waals surface area contributed by atoms with E-state index < -0.39 is 42.3 Å². The van der Waals surface area contributed by atoms with Gasteiger partial charge in [0.1, 0.15) is 0 Å². The molecule has 0 aromatic rings. The van der Waals surface area contributed by atoms with Gasteiger partial charge in [-0.05, 0) is 8.96 Å². The predicted octanol–water partition coefficient (Wildman–Crippen LogP) is 2.10. The van der Waals surface area contributed by atoms with Gasteiger partial charge in [-0.25, -0.2) is 0 Å². The third-order valence-corrected chi connectivity index (χ3v) is 1.82. The highest BCUT2D eigenvalue weighted by molar-refractivity contribution is 6.13. The average Bonchev–Trinajstić information content (AvgIpc) is 2.15. The Morgan fingerprint density at radius 2 is 1.62 bits per heavy atom. The lowest BCUT2D eigenvalue weighted by Gasteiger charge is -1.91. The van der Waals surface area contributed by atoms with Crippen molar-refractivity contribution in [2.75, 3.05) is 0 Å². The van der Waals surface area contributed by atoms with Crippen LogP contribution in [0, 0.1) is 0 Å². The molecule has 0 spiro atoms. The van der Waals surface area contributed by atoms with Crippen LogP contribution in [-0.2, 0) is 0 Å². The smallest absolute Gasteiger partial charge is 0.196 e. The normalized spacial score (nSPS) is 19.2. The number of hydrogen-bond donors (Lipinski definition) is 0. The molecule has 1 aliphatic rings. The number of rotatable bonds is 0. The van der Waals surface area contributed by atoms with Crippen LogP contribution in [0.15, 0.2) is 23.6 Å². The van der Waals surface area contributed by atoms with E-state index in [1.807, 2.05) is 0 Å². The van der Waals surface area contributed by atoms with Crippen LogP contribution in [-0.4, -0.2) is 18.7 Å². The molecule has 0 N–H and O–H groups in total. The quantitative estimate of drug-likeness (QED) is 0.261. The Balaban J connectivity index is 3.32. The molecule has 0 atom stereocenters. The Labute approximate surface area is 69.8 Å². The van der Waals surface area contributed by atoms with Crippen molar-refractivity contribution in [3.63, 3.8) is 0 Å². The molecule has 13 heavy (non-hydrogen) atoms. The van der Waals surface area contributed by atoms with E-state index in [0.717, 1.165) is 0 Å². The molecule has 0 aromatic carbocycles. The Kier molecular flexibility index (Phi) is 2.54. The fraction of sp³-hybridized carbons (Fsp3) is 0. The molecule has 1 aliphatic heterocycles. The summed E-state index contributed by atoms with van der Waals surface area (Å²) in [6.45, 7) is 0. The van der Waals surface area contributed by atoms with Gasteiger partial charge in [0.2, 0.25) is 11.7 Å². The summed E-state index contributed by atoms with van der Waals surface area (Å²) in [6.07, 6.45) is 0. The van der Waals surface area contributed by atoms with E-state index in [9.17, 15) is 26.5 Å². The summed E-state index contributed by atoms with van der Waals surface area (Å²) < 4.78 is 72.4. The largest absolute Gasteiger partial charge is 0.661 e. The highest BCUT2D eigenvalue weighted by Gasteiger charge is 2.36. The van der Waals surface area contributed by atoms with Gasteiger partial charge in [0.15, 0.2) is 0 Å². The summed E-state index contributed by atoms with van der Waals surface area (Å²) >= 11 is 0. The molecule has 0 aliphatic carbocycles. The second-order valence-electron chi connectivity index (χ2n) is 1.87. The second kappa shape index (κ2) is 3.32. The van der Waals surface area contributed by atoms with Crippen LogP contribution in [0.5, 0.6) is 0 Å². The highest BCUT2D eigenvalue weighted by Crippen LogP contribution is 2.27. The van der Waals surface area contributed by atoms with E-state index in [0.29, 0.717) is 0 Å². The first-order valence-corrected chi connectivity index (χ1v) is 3.63. The van der Waals surface area contributed by atoms with Gasteiger partial charge in [0.25, 0.3) is 0 Å². The number of halogens is 6. The van der Waals surface area contributed by atoms with Crippen molar-refractivity contribution in [2.45, 2.75) is 0 Å². The van der Waals surface area contributed by atoms with Gasteiger partial charge in [-0.15, -0.1) is 0 Å². The van der Waals surface area contributed by atoms with Gasteiger partial charge in [-0.1, -0.05) is 9.23 Å². The summed E-state index contributed by atoms with van der Waals surface area (Å²) in [4.78, 5) is -1.08. The zero-order chi connectivity index (χ0) is 10.2. The van der Waals surface area contributed by atoms with Crippen molar-refractivity contribution < 1.29 is 31.0 Å². The first-order chi connectivity index (χ1) is 5.95. The van der Waals surface area contributed by atoms with Gasteiger partial charge in [-0.2, -0.15) is 17.6 Å². The Hall–Kier alpha value is -1.12. The summed E-state index contributed by atoms with van der Waals surface area (Å²) in [5, 5.41) is 0. The molecule has 1 rings (SSSR count). The fourth-order valence-electron chi connectivity index (χ4n) is 0.518. The molecule has 0 fully saturated rings. The molecule has 0 bridgehead atoms. The van der Waals surface area contributed by atoms with Crippen LogP contribution in [0.1, 0.15) is 0 Å². The maximum absolute atomic E-state index is 12.3. The molecule has 71 valence electrons. The van der Waals surface area contributed by atoms with Crippen LogP contribution in [0.2, 0.25) is 0 Å². The zero-order valence-electron chi connectivity index (χ0n) is 5.66. The summed E-state index contributed by atoms with van der Waals surface area (Å²) in [5.41, 5.74) is 0. The molecule has 0 saturated carbocycles. The van der Waals surface area contributed by atoms with Crippen LogP contribution >= 0.6 is 0 Å². The van der Waals surface area contributed by atoms with E-state index >= 15 is 0 Å². The lowest BCUT2D eigenvalue weighted by atomic mass is 10.5. The van der Waals surface area contributed by atoms with E-state index in [2.05, 4.69) is 0 Å². The standard InChI is InChI=1S/C4F6N2Si/c5-1-2(6)4(8)12(10)13-11(9)3(1)7/q+1. The maximum Gasteiger partial charge on any atom is 0.661 e.